The SMILES string of the molecule is NCc1cccc(OCc2nc(C3CC3)no2)c1. The first-order valence-electron chi connectivity index (χ1n) is 6.09. The van der Waals surface area contributed by atoms with Gasteiger partial charge in [0.05, 0.1) is 0 Å². The summed E-state index contributed by atoms with van der Waals surface area (Å²) in [5.41, 5.74) is 6.61. The van der Waals surface area contributed by atoms with E-state index in [1.807, 2.05) is 24.3 Å². The summed E-state index contributed by atoms with van der Waals surface area (Å²) in [5, 5.41) is 3.94. The molecule has 1 aromatic heterocycles. The van der Waals surface area contributed by atoms with Crippen LogP contribution in [0, 0.1) is 0 Å². The van der Waals surface area contributed by atoms with E-state index < -0.39 is 0 Å². The first-order valence-corrected chi connectivity index (χ1v) is 6.09. The molecule has 3 rings (SSSR count). The van der Waals surface area contributed by atoms with E-state index in [4.69, 9.17) is 15.0 Å². The van der Waals surface area contributed by atoms with Crippen LogP contribution in [0.5, 0.6) is 5.75 Å². The molecule has 1 saturated carbocycles. The fourth-order valence-corrected chi connectivity index (χ4v) is 1.74. The van der Waals surface area contributed by atoms with Gasteiger partial charge in [0.25, 0.3) is 5.89 Å². The minimum absolute atomic E-state index is 0.299. The molecule has 0 saturated heterocycles. The molecule has 94 valence electrons. The van der Waals surface area contributed by atoms with Crippen LogP contribution in [0.1, 0.15) is 36.0 Å². The summed E-state index contributed by atoms with van der Waals surface area (Å²) >= 11 is 0. The Labute approximate surface area is 105 Å². The first kappa shape index (κ1) is 11.2. The van der Waals surface area contributed by atoms with Gasteiger partial charge in [0, 0.05) is 12.5 Å². The average molecular weight is 245 g/mol. The van der Waals surface area contributed by atoms with Crippen LogP contribution in [0.2, 0.25) is 0 Å². The minimum atomic E-state index is 0.299. The highest BCUT2D eigenvalue weighted by Crippen LogP contribution is 2.38. The normalized spacial score (nSPS) is 14.7. The fraction of sp³-hybridized carbons (Fsp3) is 0.385. The number of nitrogens with zero attached hydrogens (tertiary/aromatic N) is 2. The van der Waals surface area contributed by atoms with Gasteiger partial charge in [0.2, 0.25) is 0 Å². The lowest BCUT2D eigenvalue weighted by Gasteiger charge is -2.04. The van der Waals surface area contributed by atoms with Crippen LogP contribution in [0.25, 0.3) is 0 Å². The van der Waals surface area contributed by atoms with Crippen molar-refractivity contribution in [1.82, 2.24) is 10.1 Å². The van der Waals surface area contributed by atoms with Crippen molar-refractivity contribution in [3.05, 3.63) is 41.5 Å². The molecule has 5 nitrogen and oxygen atoms in total. The number of hydrogen-bond acceptors (Lipinski definition) is 5. The van der Waals surface area contributed by atoms with E-state index in [-0.39, 0.29) is 0 Å². The summed E-state index contributed by atoms with van der Waals surface area (Å²) in [7, 11) is 0. The van der Waals surface area contributed by atoms with Crippen LogP contribution in [0.15, 0.2) is 28.8 Å². The molecule has 0 aliphatic heterocycles. The van der Waals surface area contributed by atoms with Crippen LogP contribution in [-0.2, 0) is 13.2 Å². The van der Waals surface area contributed by atoms with Gasteiger partial charge in [-0.1, -0.05) is 17.3 Å². The number of aromatic nitrogens is 2. The quantitative estimate of drug-likeness (QED) is 0.871. The summed E-state index contributed by atoms with van der Waals surface area (Å²) in [4.78, 5) is 4.30. The molecule has 1 heterocycles. The van der Waals surface area contributed by atoms with Gasteiger partial charge in [-0.2, -0.15) is 4.98 Å². The van der Waals surface area contributed by atoms with Gasteiger partial charge >= 0.3 is 0 Å². The maximum Gasteiger partial charge on any atom is 0.264 e. The largest absolute Gasteiger partial charge is 0.484 e. The van der Waals surface area contributed by atoms with Crippen molar-refractivity contribution in [3.8, 4) is 5.75 Å². The molecule has 5 heteroatoms. The molecule has 2 aromatic rings. The molecule has 1 fully saturated rings. The van der Waals surface area contributed by atoms with E-state index in [0.717, 1.165) is 17.1 Å². The third-order valence-electron chi connectivity index (χ3n) is 2.92. The van der Waals surface area contributed by atoms with Gasteiger partial charge in [0.1, 0.15) is 5.75 Å². The molecule has 1 aliphatic rings. The van der Waals surface area contributed by atoms with Gasteiger partial charge in [-0.15, -0.1) is 0 Å². The zero-order valence-electron chi connectivity index (χ0n) is 10.0. The molecule has 0 radical (unpaired) electrons. The van der Waals surface area contributed by atoms with Crippen LogP contribution in [0.4, 0.5) is 0 Å². The zero-order chi connectivity index (χ0) is 12.4. The minimum Gasteiger partial charge on any atom is -0.484 e. The van der Waals surface area contributed by atoms with Crippen molar-refractivity contribution in [1.29, 1.82) is 0 Å². The molecule has 1 aliphatic carbocycles. The molecule has 0 atom stereocenters. The lowest BCUT2D eigenvalue weighted by molar-refractivity contribution is 0.242. The Balaban J connectivity index is 1.61. The van der Waals surface area contributed by atoms with E-state index in [1.165, 1.54) is 12.8 Å². The standard InChI is InChI=1S/C13H15N3O2/c14-7-9-2-1-3-11(6-9)17-8-12-15-13(16-18-12)10-4-5-10/h1-3,6,10H,4-5,7-8,14H2. The number of hydrogen-bond donors (Lipinski definition) is 1. The Kier molecular flexibility index (Phi) is 2.98. The second-order valence-electron chi connectivity index (χ2n) is 4.46. The fourth-order valence-electron chi connectivity index (χ4n) is 1.74. The molecule has 2 N–H and O–H groups in total. The van der Waals surface area contributed by atoms with Crippen molar-refractivity contribution >= 4 is 0 Å². The molecule has 0 unspecified atom stereocenters. The highest BCUT2D eigenvalue weighted by atomic mass is 16.5. The van der Waals surface area contributed by atoms with Crippen molar-refractivity contribution in [2.75, 3.05) is 0 Å². The summed E-state index contributed by atoms with van der Waals surface area (Å²) in [6.07, 6.45) is 2.33. The summed E-state index contributed by atoms with van der Waals surface area (Å²) in [6, 6.07) is 7.68. The highest BCUT2D eigenvalue weighted by molar-refractivity contribution is 5.28. The number of ether oxygens (including phenoxy) is 1. The topological polar surface area (TPSA) is 74.2 Å². The molecule has 0 spiro atoms. The predicted molar refractivity (Wildman–Crippen MR) is 64.9 cm³/mol. The van der Waals surface area contributed by atoms with Crippen molar-refractivity contribution in [2.45, 2.75) is 31.9 Å². The van der Waals surface area contributed by atoms with Gasteiger partial charge in [-0.25, -0.2) is 0 Å². The van der Waals surface area contributed by atoms with Gasteiger partial charge < -0.3 is 15.0 Å². The lowest BCUT2D eigenvalue weighted by atomic mass is 10.2. The van der Waals surface area contributed by atoms with E-state index in [2.05, 4.69) is 10.1 Å². The Morgan fingerprint density at radius 2 is 2.28 bits per heavy atom. The maximum absolute atomic E-state index is 5.60. The van der Waals surface area contributed by atoms with Crippen LogP contribution >= 0.6 is 0 Å². The van der Waals surface area contributed by atoms with Crippen LogP contribution < -0.4 is 10.5 Å². The van der Waals surface area contributed by atoms with E-state index >= 15 is 0 Å². The van der Waals surface area contributed by atoms with Crippen molar-refractivity contribution in [3.63, 3.8) is 0 Å². The summed E-state index contributed by atoms with van der Waals surface area (Å²) in [6.45, 7) is 0.803. The Hall–Kier alpha value is -1.88. The lowest BCUT2D eigenvalue weighted by Crippen LogP contribution is -1.99. The third kappa shape index (κ3) is 2.51. The molecule has 0 bridgehead atoms. The van der Waals surface area contributed by atoms with Gasteiger partial charge in [0.15, 0.2) is 12.4 Å². The second kappa shape index (κ2) is 4.78. The maximum atomic E-state index is 5.60. The predicted octanol–water partition coefficient (Wildman–Crippen LogP) is 1.98. The Bertz CT molecular complexity index is 535. The van der Waals surface area contributed by atoms with Gasteiger partial charge in [-0.3, -0.25) is 0 Å². The summed E-state index contributed by atoms with van der Waals surface area (Å²) in [5.74, 6) is 2.60. The molecule has 1 aromatic carbocycles. The average Bonchev–Trinajstić information content (AvgIpc) is 3.16. The summed E-state index contributed by atoms with van der Waals surface area (Å²) < 4.78 is 10.7. The third-order valence-corrected chi connectivity index (χ3v) is 2.92. The highest BCUT2D eigenvalue weighted by Gasteiger charge is 2.28. The van der Waals surface area contributed by atoms with Crippen molar-refractivity contribution < 1.29 is 9.26 Å². The van der Waals surface area contributed by atoms with Crippen LogP contribution in [0.3, 0.4) is 0 Å². The Morgan fingerprint density at radius 1 is 1.39 bits per heavy atom. The molecular weight excluding hydrogens is 230 g/mol. The monoisotopic (exact) mass is 245 g/mol. The second-order valence-corrected chi connectivity index (χ2v) is 4.46. The number of benzene rings is 1. The smallest absolute Gasteiger partial charge is 0.264 e. The molecular formula is C13H15N3O2. The number of nitrogens with two attached hydrogens (primary N) is 1. The number of rotatable bonds is 5. The molecule has 18 heavy (non-hydrogen) atoms. The first-order chi connectivity index (χ1) is 8.85. The van der Waals surface area contributed by atoms with Crippen LogP contribution in [-0.4, -0.2) is 10.1 Å². The Morgan fingerprint density at radius 3 is 3.06 bits per heavy atom. The zero-order valence-corrected chi connectivity index (χ0v) is 10.0. The van der Waals surface area contributed by atoms with Crippen molar-refractivity contribution in [2.24, 2.45) is 5.73 Å². The van der Waals surface area contributed by atoms with E-state index in [0.29, 0.717) is 25.0 Å². The van der Waals surface area contributed by atoms with E-state index in [9.17, 15) is 0 Å². The molecule has 0 amide bonds. The van der Waals surface area contributed by atoms with E-state index in [1.54, 1.807) is 0 Å². The van der Waals surface area contributed by atoms with Gasteiger partial charge in [-0.05, 0) is 30.5 Å².